The van der Waals surface area contributed by atoms with Crippen molar-refractivity contribution >= 4 is 17.4 Å². The van der Waals surface area contributed by atoms with E-state index in [2.05, 4.69) is 4.98 Å². The largest absolute Gasteiger partial charge is 0.482 e. The molecule has 1 heterocycles. The zero-order chi connectivity index (χ0) is 20.7. The molecule has 1 aromatic heterocycles. The minimum atomic E-state index is -0.733. The van der Waals surface area contributed by atoms with E-state index in [9.17, 15) is 14.4 Å². The minimum absolute atomic E-state index is 0.0603. The van der Waals surface area contributed by atoms with Gasteiger partial charge >= 0.3 is 5.69 Å². The van der Waals surface area contributed by atoms with E-state index in [1.165, 1.54) is 9.47 Å². The van der Waals surface area contributed by atoms with Gasteiger partial charge < -0.3 is 15.4 Å². The van der Waals surface area contributed by atoms with Crippen LogP contribution in [0.1, 0.15) is 32.3 Å². The minimum Gasteiger partial charge on any atom is -0.482 e. The summed E-state index contributed by atoms with van der Waals surface area (Å²) in [5, 5.41) is 9.10. The van der Waals surface area contributed by atoms with Crippen molar-refractivity contribution < 1.29 is 9.53 Å². The maximum Gasteiger partial charge on any atom is 0.330 e. The van der Waals surface area contributed by atoms with Crippen molar-refractivity contribution in [1.29, 1.82) is 5.26 Å². The van der Waals surface area contributed by atoms with Gasteiger partial charge in [-0.15, -0.1) is 0 Å². The SMILES string of the molecule is CCCCn1c(N)c(N(CC)C(=O)COc2ccccc2C#N)c(=O)[nH]c1=O. The average molecular weight is 385 g/mol. The van der Waals surface area contributed by atoms with Crippen LogP contribution < -0.4 is 26.6 Å². The third kappa shape index (κ3) is 4.40. The first-order valence-electron chi connectivity index (χ1n) is 8.99. The van der Waals surface area contributed by atoms with E-state index in [0.29, 0.717) is 18.5 Å². The number of nitrogens with zero attached hydrogens (tertiary/aromatic N) is 3. The van der Waals surface area contributed by atoms with Crippen LogP contribution in [-0.4, -0.2) is 28.6 Å². The van der Waals surface area contributed by atoms with E-state index in [1.807, 2.05) is 13.0 Å². The van der Waals surface area contributed by atoms with E-state index in [-0.39, 0.29) is 30.4 Å². The van der Waals surface area contributed by atoms with Gasteiger partial charge in [-0.3, -0.25) is 19.1 Å². The van der Waals surface area contributed by atoms with Gasteiger partial charge in [0.25, 0.3) is 11.5 Å². The van der Waals surface area contributed by atoms with Crippen LogP contribution in [0.5, 0.6) is 5.75 Å². The summed E-state index contributed by atoms with van der Waals surface area (Å²) in [7, 11) is 0. The second-order valence-corrected chi connectivity index (χ2v) is 6.03. The number of nitriles is 1. The molecule has 0 aliphatic carbocycles. The molecule has 0 saturated carbocycles. The first kappa shape index (κ1) is 20.8. The third-order valence-corrected chi connectivity index (χ3v) is 4.20. The van der Waals surface area contributed by atoms with E-state index in [1.54, 1.807) is 31.2 Å². The van der Waals surface area contributed by atoms with Gasteiger partial charge in [0.15, 0.2) is 12.3 Å². The number of rotatable bonds is 8. The highest BCUT2D eigenvalue weighted by molar-refractivity contribution is 5.96. The summed E-state index contributed by atoms with van der Waals surface area (Å²) in [4.78, 5) is 40.5. The van der Waals surface area contributed by atoms with E-state index >= 15 is 0 Å². The molecule has 0 unspecified atom stereocenters. The van der Waals surface area contributed by atoms with Gasteiger partial charge in [0.2, 0.25) is 0 Å². The predicted octanol–water partition coefficient (Wildman–Crippen LogP) is 1.22. The molecule has 2 rings (SSSR count). The molecule has 1 amide bonds. The first-order valence-corrected chi connectivity index (χ1v) is 8.99. The number of hydrogen-bond acceptors (Lipinski definition) is 6. The average Bonchev–Trinajstić information content (AvgIpc) is 2.69. The lowest BCUT2D eigenvalue weighted by Crippen LogP contribution is -2.42. The van der Waals surface area contributed by atoms with Crippen molar-refractivity contribution in [2.24, 2.45) is 0 Å². The maximum atomic E-state index is 12.7. The number of hydrogen-bond donors (Lipinski definition) is 2. The number of amides is 1. The van der Waals surface area contributed by atoms with E-state index in [4.69, 9.17) is 15.7 Å². The van der Waals surface area contributed by atoms with Crippen LogP contribution in [0, 0.1) is 11.3 Å². The molecule has 3 N–H and O–H groups in total. The number of aromatic nitrogens is 2. The molecule has 0 atom stereocenters. The fraction of sp³-hybridized carbons (Fsp3) is 0.368. The number of ether oxygens (including phenoxy) is 1. The highest BCUT2D eigenvalue weighted by Crippen LogP contribution is 2.19. The van der Waals surface area contributed by atoms with Crippen LogP contribution in [0.4, 0.5) is 11.5 Å². The summed E-state index contributed by atoms with van der Waals surface area (Å²) in [6.45, 7) is 3.75. The number of nitrogens with one attached hydrogen (secondary N) is 1. The quantitative estimate of drug-likeness (QED) is 0.702. The second kappa shape index (κ2) is 9.41. The molecule has 148 valence electrons. The summed E-state index contributed by atoms with van der Waals surface area (Å²) in [6.07, 6.45) is 1.53. The summed E-state index contributed by atoms with van der Waals surface area (Å²) in [6, 6.07) is 8.50. The number of H-pyrrole nitrogens is 1. The number of aromatic amines is 1. The Labute approximate surface area is 162 Å². The maximum absolute atomic E-state index is 12.7. The Morgan fingerprint density at radius 3 is 2.68 bits per heavy atom. The van der Waals surface area contributed by atoms with Gasteiger partial charge in [0.1, 0.15) is 17.6 Å². The molecule has 0 saturated heterocycles. The fourth-order valence-electron chi connectivity index (χ4n) is 2.74. The van der Waals surface area contributed by atoms with Crippen LogP contribution >= 0.6 is 0 Å². The monoisotopic (exact) mass is 385 g/mol. The van der Waals surface area contributed by atoms with Crippen molar-refractivity contribution in [2.45, 2.75) is 33.2 Å². The van der Waals surface area contributed by atoms with E-state index in [0.717, 1.165) is 6.42 Å². The number of unbranched alkanes of at least 4 members (excludes halogenated alkanes) is 1. The van der Waals surface area contributed by atoms with Gasteiger partial charge in [0, 0.05) is 13.1 Å². The van der Waals surface area contributed by atoms with Crippen LogP contribution in [0.2, 0.25) is 0 Å². The van der Waals surface area contributed by atoms with Gasteiger partial charge in [0.05, 0.1) is 5.56 Å². The summed E-state index contributed by atoms with van der Waals surface area (Å²) in [5.41, 5.74) is 4.93. The van der Waals surface area contributed by atoms with E-state index < -0.39 is 17.2 Å². The van der Waals surface area contributed by atoms with Crippen LogP contribution in [0.25, 0.3) is 0 Å². The van der Waals surface area contributed by atoms with Crippen molar-refractivity contribution in [3.8, 4) is 11.8 Å². The molecule has 9 nitrogen and oxygen atoms in total. The van der Waals surface area contributed by atoms with Gasteiger partial charge in [-0.1, -0.05) is 25.5 Å². The van der Waals surface area contributed by atoms with Gasteiger partial charge in [-0.25, -0.2) is 4.79 Å². The zero-order valence-corrected chi connectivity index (χ0v) is 15.9. The summed E-state index contributed by atoms with van der Waals surface area (Å²) < 4.78 is 6.71. The van der Waals surface area contributed by atoms with Crippen molar-refractivity contribution in [3.05, 3.63) is 50.7 Å². The molecule has 0 spiro atoms. The Bertz CT molecular complexity index is 1000. The number of nitrogen functional groups attached to an aromatic ring is 1. The topological polar surface area (TPSA) is 134 Å². The number of nitrogens with two attached hydrogens (primary N) is 1. The summed E-state index contributed by atoms with van der Waals surface area (Å²) in [5.74, 6) is -0.313. The van der Waals surface area contributed by atoms with Crippen molar-refractivity contribution in [3.63, 3.8) is 0 Å². The lowest BCUT2D eigenvalue weighted by atomic mass is 10.2. The fourth-order valence-corrected chi connectivity index (χ4v) is 2.74. The number of carbonyl (C=O) groups excluding carboxylic acids is 1. The molecular formula is C19H23N5O4. The van der Waals surface area contributed by atoms with Crippen LogP contribution in [0.3, 0.4) is 0 Å². The smallest absolute Gasteiger partial charge is 0.330 e. The lowest BCUT2D eigenvalue weighted by Gasteiger charge is -2.23. The molecule has 28 heavy (non-hydrogen) atoms. The van der Waals surface area contributed by atoms with Gasteiger partial charge in [-0.05, 0) is 25.5 Å². The third-order valence-electron chi connectivity index (χ3n) is 4.20. The zero-order valence-electron chi connectivity index (χ0n) is 15.9. The molecule has 0 aliphatic heterocycles. The Balaban J connectivity index is 2.31. The standard InChI is InChI=1S/C19H23N5O4/c1-3-5-10-24-17(21)16(18(26)22-19(24)27)23(4-2)15(25)12-28-14-9-7-6-8-13(14)11-20/h6-9H,3-5,10,12,21H2,1-2H3,(H,22,26,27). The molecule has 0 radical (unpaired) electrons. The first-order chi connectivity index (χ1) is 13.4. The van der Waals surface area contributed by atoms with Gasteiger partial charge in [-0.2, -0.15) is 5.26 Å². The number of para-hydroxylation sites is 1. The molecule has 0 fully saturated rings. The Hall–Kier alpha value is -3.54. The Morgan fingerprint density at radius 1 is 1.32 bits per heavy atom. The Kier molecular flexibility index (Phi) is 6.98. The molecule has 9 heteroatoms. The number of carbonyl (C=O) groups is 1. The predicted molar refractivity (Wildman–Crippen MR) is 105 cm³/mol. The second-order valence-electron chi connectivity index (χ2n) is 6.03. The molecule has 0 aliphatic rings. The molecular weight excluding hydrogens is 362 g/mol. The van der Waals surface area contributed by atoms with Crippen LogP contribution in [-0.2, 0) is 11.3 Å². The lowest BCUT2D eigenvalue weighted by molar-refractivity contribution is -0.120. The molecule has 2 aromatic rings. The number of anilines is 2. The number of likely N-dealkylation sites (N-methyl/N-ethyl adjacent to an activating group) is 1. The van der Waals surface area contributed by atoms with Crippen molar-refractivity contribution in [2.75, 3.05) is 23.8 Å². The van der Waals surface area contributed by atoms with Crippen LogP contribution in [0.15, 0.2) is 33.9 Å². The molecule has 1 aromatic carbocycles. The Morgan fingerprint density at radius 2 is 2.04 bits per heavy atom. The highest BCUT2D eigenvalue weighted by atomic mass is 16.5. The normalized spacial score (nSPS) is 10.3. The molecule has 0 bridgehead atoms. The number of benzene rings is 1. The van der Waals surface area contributed by atoms with Crippen molar-refractivity contribution in [1.82, 2.24) is 9.55 Å². The summed E-state index contributed by atoms with van der Waals surface area (Å²) >= 11 is 0. The highest BCUT2D eigenvalue weighted by Gasteiger charge is 2.23.